The fraction of sp³-hybridized carbons (Fsp3) is 0.760. The molecule has 0 saturated heterocycles. The lowest BCUT2D eigenvalue weighted by atomic mass is 9.58. The topological polar surface area (TPSA) is 180 Å². The van der Waals surface area contributed by atoms with Crippen molar-refractivity contribution in [1.29, 1.82) is 0 Å². The van der Waals surface area contributed by atoms with E-state index < -0.39 is 48.0 Å². The zero-order valence-corrected chi connectivity index (χ0v) is 23.6. The zero-order valence-electron chi connectivity index (χ0n) is 21.8. The number of rotatable bonds is 16. The SMILES string of the molecule is CCCCCCCCCc1ccccc1OP(O)OP(O)O.OCC1CCCC(O)(CO)C1(CO)CO. The van der Waals surface area contributed by atoms with E-state index in [9.17, 15) is 30.4 Å². The highest BCUT2D eigenvalue weighted by atomic mass is 31.2. The lowest BCUT2D eigenvalue weighted by Gasteiger charge is -2.52. The number of para-hydroxylation sites is 1. The first-order valence-electron chi connectivity index (χ1n) is 13.0. The van der Waals surface area contributed by atoms with Gasteiger partial charge in [0.25, 0.3) is 0 Å². The number of unbranched alkanes of at least 4 members (excludes halogenated alkanes) is 6. The Kier molecular flexibility index (Phi) is 17.5. The summed E-state index contributed by atoms with van der Waals surface area (Å²) in [4.78, 5) is 26.9. The molecule has 0 aromatic heterocycles. The summed E-state index contributed by atoms with van der Waals surface area (Å²) in [6.07, 6.45) is 11.2. The van der Waals surface area contributed by atoms with Crippen molar-refractivity contribution in [2.75, 3.05) is 26.4 Å². The second kappa shape index (κ2) is 18.7. The minimum atomic E-state index is -2.61. The molecule has 37 heavy (non-hydrogen) atoms. The molecule has 10 nitrogen and oxygen atoms in total. The maximum atomic E-state index is 10.2. The highest BCUT2D eigenvalue weighted by Gasteiger charge is 2.56. The second-order valence-corrected chi connectivity index (χ2v) is 11.4. The number of hydrogen-bond donors (Lipinski definition) is 8. The van der Waals surface area contributed by atoms with Crippen LogP contribution < -0.4 is 4.52 Å². The Morgan fingerprint density at radius 2 is 1.51 bits per heavy atom. The molecule has 1 aliphatic carbocycles. The van der Waals surface area contributed by atoms with Crippen LogP contribution >= 0.6 is 17.2 Å². The minimum Gasteiger partial charge on any atom is -0.426 e. The van der Waals surface area contributed by atoms with Crippen LogP contribution in [0.3, 0.4) is 0 Å². The summed E-state index contributed by atoms with van der Waals surface area (Å²) in [5.74, 6) is 0.164. The Morgan fingerprint density at radius 3 is 2.08 bits per heavy atom. The van der Waals surface area contributed by atoms with Crippen molar-refractivity contribution in [3.63, 3.8) is 0 Å². The van der Waals surface area contributed by atoms with Gasteiger partial charge in [-0.05, 0) is 43.2 Å². The molecule has 0 bridgehead atoms. The highest BCUT2D eigenvalue weighted by molar-refractivity contribution is 7.54. The van der Waals surface area contributed by atoms with Crippen molar-refractivity contribution < 1.29 is 49.0 Å². The molecule has 0 radical (unpaired) electrons. The molecule has 0 aliphatic heterocycles. The van der Waals surface area contributed by atoms with Crippen LogP contribution in [-0.4, -0.2) is 72.2 Å². The van der Waals surface area contributed by atoms with Crippen LogP contribution in [0.25, 0.3) is 0 Å². The standard InChI is InChI=1S/C15H26O5P2.C10H20O5/c1-2-3-4-5-6-7-8-11-14-12-9-10-13-15(14)19-22(18)20-21(16)17;11-4-8-2-1-3-10(15,7-14)9(8,5-12)6-13/h9-10,12-13,16-18H,2-8,11H2,1H3;8,11-15H,1-7H2. The van der Waals surface area contributed by atoms with E-state index in [4.69, 9.17) is 14.3 Å². The summed E-state index contributed by atoms with van der Waals surface area (Å²) in [6.45, 7) is 0.624. The van der Waals surface area contributed by atoms with E-state index in [2.05, 4.69) is 11.2 Å². The molecule has 0 spiro atoms. The van der Waals surface area contributed by atoms with Gasteiger partial charge in [0.05, 0.1) is 30.8 Å². The minimum absolute atomic E-state index is 0.205. The van der Waals surface area contributed by atoms with Gasteiger partial charge in [0.1, 0.15) is 5.75 Å². The Hall–Kier alpha value is -0.480. The van der Waals surface area contributed by atoms with Crippen LogP contribution in [0.1, 0.15) is 76.7 Å². The van der Waals surface area contributed by atoms with Gasteiger partial charge < -0.3 is 44.7 Å². The summed E-state index contributed by atoms with van der Waals surface area (Å²) in [7, 11) is -4.93. The Labute approximate surface area is 222 Å². The zero-order chi connectivity index (χ0) is 27.7. The Bertz CT molecular complexity index is 722. The number of benzene rings is 1. The third-order valence-electron chi connectivity index (χ3n) is 7.24. The molecule has 12 heteroatoms. The molecule has 1 aliphatic rings. The molecule has 3 atom stereocenters. The molecule has 1 aromatic carbocycles. The summed E-state index contributed by atoms with van der Waals surface area (Å²) < 4.78 is 9.72. The Morgan fingerprint density at radius 1 is 0.892 bits per heavy atom. The molecule has 3 unspecified atom stereocenters. The summed E-state index contributed by atoms with van der Waals surface area (Å²) in [5.41, 5.74) is -1.70. The van der Waals surface area contributed by atoms with Gasteiger partial charge in [0.2, 0.25) is 0 Å². The predicted octanol–water partition coefficient (Wildman–Crippen LogP) is 3.28. The van der Waals surface area contributed by atoms with Crippen molar-refractivity contribution in [3.8, 4) is 5.75 Å². The van der Waals surface area contributed by atoms with Gasteiger partial charge in [-0.3, -0.25) is 0 Å². The van der Waals surface area contributed by atoms with Crippen LogP contribution in [-0.2, 0) is 10.7 Å². The molecule has 1 aromatic rings. The lowest BCUT2D eigenvalue weighted by molar-refractivity contribution is -0.208. The van der Waals surface area contributed by atoms with Crippen molar-refractivity contribution in [3.05, 3.63) is 29.8 Å². The van der Waals surface area contributed by atoms with E-state index in [0.717, 1.165) is 18.4 Å². The van der Waals surface area contributed by atoms with Crippen LogP contribution in [0.4, 0.5) is 0 Å². The van der Waals surface area contributed by atoms with Gasteiger partial charge in [0, 0.05) is 6.61 Å². The average Bonchev–Trinajstić information content (AvgIpc) is 2.88. The molecular formula is C25H46O10P2. The van der Waals surface area contributed by atoms with Crippen molar-refractivity contribution in [1.82, 2.24) is 0 Å². The van der Waals surface area contributed by atoms with Gasteiger partial charge >= 0.3 is 17.2 Å². The molecule has 0 heterocycles. The largest absolute Gasteiger partial charge is 0.426 e. The fourth-order valence-corrected chi connectivity index (χ4v) is 5.87. The molecule has 0 amide bonds. The first-order chi connectivity index (χ1) is 17.7. The normalized spacial score (nSPS) is 21.8. The first-order valence-corrected chi connectivity index (χ1v) is 15.3. The van der Waals surface area contributed by atoms with Gasteiger partial charge in [-0.2, -0.15) is 0 Å². The van der Waals surface area contributed by atoms with E-state index in [0.29, 0.717) is 25.0 Å². The van der Waals surface area contributed by atoms with Crippen LogP contribution in [0.2, 0.25) is 0 Å². The maximum absolute atomic E-state index is 10.2. The van der Waals surface area contributed by atoms with E-state index in [-0.39, 0.29) is 12.5 Å². The summed E-state index contributed by atoms with van der Waals surface area (Å²) in [6, 6.07) is 7.45. The fourth-order valence-electron chi connectivity index (χ4n) is 4.89. The quantitative estimate of drug-likeness (QED) is 0.109. The predicted molar refractivity (Wildman–Crippen MR) is 143 cm³/mol. The average molecular weight is 569 g/mol. The van der Waals surface area contributed by atoms with Crippen LogP contribution in [0.5, 0.6) is 5.75 Å². The highest BCUT2D eigenvalue weighted by Crippen LogP contribution is 2.48. The summed E-state index contributed by atoms with van der Waals surface area (Å²) >= 11 is 0. The third-order valence-corrected chi connectivity index (χ3v) is 8.73. The smallest absolute Gasteiger partial charge is 0.401 e. The summed E-state index contributed by atoms with van der Waals surface area (Å²) in [5, 5.41) is 47.4. The molecule has 216 valence electrons. The van der Waals surface area contributed by atoms with Crippen LogP contribution in [0, 0.1) is 11.3 Å². The molecule has 8 N–H and O–H groups in total. The van der Waals surface area contributed by atoms with Crippen molar-refractivity contribution in [2.24, 2.45) is 11.3 Å². The number of aliphatic hydroxyl groups excluding tert-OH is 4. The van der Waals surface area contributed by atoms with Gasteiger partial charge in [-0.1, -0.05) is 70.1 Å². The molecule has 1 saturated carbocycles. The Balaban J connectivity index is 0.000000397. The van der Waals surface area contributed by atoms with E-state index in [1.807, 2.05) is 18.2 Å². The van der Waals surface area contributed by atoms with Crippen LogP contribution in [0.15, 0.2) is 24.3 Å². The number of aryl methyl sites for hydroxylation is 1. The van der Waals surface area contributed by atoms with Crippen molar-refractivity contribution in [2.45, 2.75) is 83.2 Å². The number of hydrogen-bond acceptors (Lipinski definition) is 10. The monoisotopic (exact) mass is 568 g/mol. The van der Waals surface area contributed by atoms with E-state index in [1.165, 1.54) is 38.5 Å². The maximum Gasteiger partial charge on any atom is 0.401 e. The van der Waals surface area contributed by atoms with E-state index in [1.54, 1.807) is 6.07 Å². The van der Waals surface area contributed by atoms with Gasteiger partial charge in [0.15, 0.2) is 0 Å². The molecular weight excluding hydrogens is 522 g/mol. The third kappa shape index (κ3) is 10.9. The lowest BCUT2D eigenvalue weighted by Crippen LogP contribution is -2.62. The van der Waals surface area contributed by atoms with Gasteiger partial charge in [-0.15, -0.1) is 0 Å². The molecule has 2 rings (SSSR count). The second-order valence-electron chi connectivity index (χ2n) is 9.58. The van der Waals surface area contributed by atoms with Gasteiger partial charge in [-0.25, -0.2) is 4.31 Å². The van der Waals surface area contributed by atoms with E-state index >= 15 is 0 Å². The first kappa shape index (κ1) is 34.5. The van der Waals surface area contributed by atoms with Crippen molar-refractivity contribution >= 4 is 17.2 Å². The molecule has 1 fully saturated rings. The number of aliphatic hydroxyl groups is 5.